The normalized spacial score (nSPS) is 17.4. The Morgan fingerprint density at radius 1 is 1.35 bits per heavy atom. The quantitative estimate of drug-likeness (QED) is 0.759. The highest BCUT2D eigenvalue weighted by Gasteiger charge is 2.23. The predicted octanol–water partition coefficient (Wildman–Crippen LogP) is 2.59. The van der Waals surface area contributed by atoms with Gasteiger partial charge in [0.25, 0.3) is 0 Å². The number of piperidine rings is 1. The van der Waals surface area contributed by atoms with Crippen LogP contribution in [0.5, 0.6) is 0 Å². The van der Waals surface area contributed by atoms with Crippen LogP contribution in [0.2, 0.25) is 0 Å². The molecule has 6 heteroatoms. The van der Waals surface area contributed by atoms with Crippen LogP contribution in [0.3, 0.4) is 0 Å². The zero-order valence-electron chi connectivity index (χ0n) is 14.9. The molecule has 0 radical (unpaired) electrons. The third-order valence-electron chi connectivity index (χ3n) is 4.90. The van der Waals surface area contributed by atoms with Gasteiger partial charge in [0.2, 0.25) is 11.9 Å². The minimum absolute atomic E-state index is 0.0623. The number of anilines is 1. The van der Waals surface area contributed by atoms with Gasteiger partial charge in [0.05, 0.1) is 6.42 Å². The van der Waals surface area contributed by atoms with Crippen LogP contribution in [0.1, 0.15) is 24.0 Å². The number of aromatic amines is 1. The third-order valence-corrected chi connectivity index (χ3v) is 4.90. The second-order valence-electron chi connectivity index (χ2n) is 6.94. The number of nitrogens with one attached hydrogen (secondary N) is 2. The number of benzene rings is 1. The molecule has 6 nitrogen and oxygen atoms in total. The molecule has 0 bridgehead atoms. The van der Waals surface area contributed by atoms with Crippen LogP contribution < -0.4 is 10.2 Å². The van der Waals surface area contributed by atoms with E-state index in [0.717, 1.165) is 48.3 Å². The van der Waals surface area contributed by atoms with Gasteiger partial charge in [-0.05, 0) is 43.0 Å². The van der Waals surface area contributed by atoms with Gasteiger partial charge in [0.1, 0.15) is 0 Å². The number of fused-ring (bicyclic) bond motifs is 1. The highest BCUT2D eigenvalue weighted by Crippen LogP contribution is 2.20. The lowest BCUT2D eigenvalue weighted by Gasteiger charge is -2.33. The van der Waals surface area contributed by atoms with Gasteiger partial charge in [0.15, 0.2) is 0 Å². The Kier molecular flexibility index (Phi) is 4.56. The molecule has 134 valence electrons. The highest BCUT2D eigenvalue weighted by atomic mass is 16.1. The van der Waals surface area contributed by atoms with Gasteiger partial charge < -0.3 is 15.2 Å². The Balaban J connectivity index is 1.39. The van der Waals surface area contributed by atoms with Crippen molar-refractivity contribution in [3.8, 4) is 0 Å². The number of hydrogen-bond donors (Lipinski definition) is 2. The number of aromatic nitrogens is 3. The third kappa shape index (κ3) is 3.54. The minimum Gasteiger partial charge on any atom is -0.361 e. The lowest BCUT2D eigenvalue weighted by Crippen LogP contribution is -2.48. The van der Waals surface area contributed by atoms with Crippen molar-refractivity contribution in [1.82, 2.24) is 20.3 Å². The monoisotopic (exact) mass is 349 g/mol. The zero-order chi connectivity index (χ0) is 17.9. The van der Waals surface area contributed by atoms with Crippen molar-refractivity contribution in [3.05, 3.63) is 54.0 Å². The average molecular weight is 349 g/mol. The number of H-pyrrole nitrogens is 1. The van der Waals surface area contributed by atoms with Crippen molar-refractivity contribution < 1.29 is 4.79 Å². The highest BCUT2D eigenvalue weighted by molar-refractivity contribution is 5.89. The number of nitrogens with zero attached hydrogens (tertiary/aromatic N) is 3. The molecule has 1 atom stereocenters. The van der Waals surface area contributed by atoms with Gasteiger partial charge >= 0.3 is 0 Å². The van der Waals surface area contributed by atoms with Crippen LogP contribution >= 0.6 is 0 Å². The first-order valence-electron chi connectivity index (χ1n) is 9.07. The lowest BCUT2D eigenvalue weighted by atomic mass is 10.0. The standard InChI is InChI=1S/C20H23N5O/c1-14-5-6-17-15(12-23-18(17)10-14)11-19(26)24-16-4-2-9-25(13-16)20-21-7-3-8-22-20/h3,5-8,10,12,16,23H,2,4,9,11,13H2,1H3,(H,24,26). The predicted molar refractivity (Wildman–Crippen MR) is 102 cm³/mol. The van der Waals surface area contributed by atoms with Crippen molar-refractivity contribution >= 4 is 22.8 Å². The van der Waals surface area contributed by atoms with Crippen molar-refractivity contribution in [2.75, 3.05) is 18.0 Å². The molecule has 2 aromatic heterocycles. The van der Waals surface area contributed by atoms with E-state index in [1.54, 1.807) is 12.4 Å². The van der Waals surface area contributed by atoms with Gasteiger partial charge in [-0.25, -0.2) is 9.97 Å². The molecule has 3 aromatic rings. The number of rotatable bonds is 4. The Morgan fingerprint density at radius 3 is 3.04 bits per heavy atom. The minimum atomic E-state index is 0.0623. The first-order chi connectivity index (χ1) is 12.7. The van der Waals surface area contributed by atoms with Gasteiger partial charge in [-0.1, -0.05) is 12.1 Å². The summed E-state index contributed by atoms with van der Waals surface area (Å²) in [5.74, 6) is 0.797. The first-order valence-corrected chi connectivity index (χ1v) is 9.07. The molecule has 1 aliphatic rings. The largest absolute Gasteiger partial charge is 0.361 e. The van der Waals surface area contributed by atoms with Crippen molar-refractivity contribution in [1.29, 1.82) is 0 Å². The van der Waals surface area contributed by atoms with Crippen LogP contribution in [-0.2, 0) is 11.2 Å². The number of aryl methyl sites for hydroxylation is 1. The maximum Gasteiger partial charge on any atom is 0.225 e. The zero-order valence-corrected chi connectivity index (χ0v) is 14.9. The Labute approximate surface area is 152 Å². The number of carbonyl (C=O) groups excluding carboxylic acids is 1. The first kappa shape index (κ1) is 16.6. The van der Waals surface area contributed by atoms with Gasteiger partial charge in [0, 0.05) is 48.6 Å². The average Bonchev–Trinajstić information content (AvgIpc) is 3.04. The number of amides is 1. The number of hydrogen-bond acceptors (Lipinski definition) is 4. The van der Waals surface area contributed by atoms with E-state index in [9.17, 15) is 4.79 Å². The lowest BCUT2D eigenvalue weighted by molar-refractivity contribution is -0.121. The SMILES string of the molecule is Cc1ccc2c(CC(=O)NC3CCCN(c4ncccn4)C3)c[nH]c2c1. The van der Waals surface area contributed by atoms with Gasteiger partial charge in [-0.3, -0.25) is 4.79 Å². The molecule has 1 aliphatic heterocycles. The fourth-order valence-electron chi connectivity index (χ4n) is 3.63. The van der Waals surface area contributed by atoms with E-state index in [4.69, 9.17) is 0 Å². The van der Waals surface area contributed by atoms with E-state index in [0.29, 0.717) is 6.42 Å². The molecule has 0 aliphatic carbocycles. The summed E-state index contributed by atoms with van der Waals surface area (Å²) in [7, 11) is 0. The van der Waals surface area contributed by atoms with Crippen LogP contribution in [0.15, 0.2) is 42.9 Å². The summed E-state index contributed by atoms with van der Waals surface area (Å²) in [4.78, 5) is 26.6. The molecule has 1 saturated heterocycles. The molecule has 2 N–H and O–H groups in total. The van der Waals surface area contributed by atoms with E-state index in [1.165, 1.54) is 5.56 Å². The maximum absolute atomic E-state index is 12.6. The van der Waals surface area contributed by atoms with E-state index < -0.39 is 0 Å². The summed E-state index contributed by atoms with van der Waals surface area (Å²) >= 11 is 0. The van der Waals surface area contributed by atoms with E-state index >= 15 is 0 Å². The van der Waals surface area contributed by atoms with E-state index in [-0.39, 0.29) is 11.9 Å². The Hall–Kier alpha value is -2.89. The molecule has 26 heavy (non-hydrogen) atoms. The maximum atomic E-state index is 12.6. The van der Waals surface area contributed by atoms with Gasteiger partial charge in [-0.2, -0.15) is 0 Å². The van der Waals surface area contributed by atoms with Crippen molar-refractivity contribution in [2.45, 2.75) is 32.2 Å². The topological polar surface area (TPSA) is 73.9 Å². The van der Waals surface area contributed by atoms with Crippen LogP contribution in [0.25, 0.3) is 10.9 Å². The molecule has 1 fully saturated rings. The van der Waals surface area contributed by atoms with Crippen LogP contribution in [0, 0.1) is 6.92 Å². The Morgan fingerprint density at radius 2 is 2.19 bits per heavy atom. The Bertz CT molecular complexity index is 905. The number of carbonyl (C=O) groups is 1. The molecule has 3 heterocycles. The van der Waals surface area contributed by atoms with Crippen molar-refractivity contribution in [2.24, 2.45) is 0 Å². The molecule has 1 amide bonds. The smallest absolute Gasteiger partial charge is 0.225 e. The molecular formula is C20H23N5O. The summed E-state index contributed by atoms with van der Waals surface area (Å²) < 4.78 is 0. The molecule has 0 saturated carbocycles. The van der Waals surface area contributed by atoms with E-state index in [1.807, 2.05) is 12.3 Å². The molecule has 1 unspecified atom stereocenters. The second-order valence-corrected chi connectivity index (χ2v) is 6.94. The summed E-state index contributed by atoms with van der Waals surface area (Å²) in [5.41, 5.74) is 3.33. The van der Waals surface area contributed by atoms with Gasteiger partial charge in [-0.15, -0.1) is 0 Å². The van der Waals surface area contributed by atoms with Crippen molar-refractivity contribution in [3.63, 3.8) is 0 Å². The summed E-state index contributed by atoms with van der Waals surface area (Å²) in [6, 6.07) is 8.22. The molecule has 4 rings (SSSR count). The summed E-state index contributed by atoms with van der Waals surface area (Å²) in [6.07, 6.45) is 7.85. The molecular weight excluding hydrogens is 326 g/mol. The van der Waals surface area contributed by atoms with Crippen LogP contribution in [0.4, 0.5) is 5.95 Å². The second kappa shape index (κ2) is 7.15. The fourth-order valence-corrected chi connectivity index (χ4v) is 3.63. The van der Waals surface area contributed by atoms with E-state index in [2.05, 4.69) is 50.3 Å². The molecule has 0 spiro atoms. The fraction of sp³-hybridized carbons (Fsp3) is 0.350. The summed E-state index contributed by atoms with van der Waals surface area (Å²) in [6.45, 7) is 3.75. The van der Waals surface area contributed by atoms with Crippen LogP contribution in [-0.4, -0.2) is 40.0 Å². The summed E-state index contributed by atoms with van der Waals surface area (Å²) in [5, 5.41) is 4.30. The molecule has 1 aromatic carbocycles.